The van der Waals surface area contributed by atoms with Crippen molar-refractivity contribution in [1.82, 2.24) is 5.32 Å². The van der Waals surface area contributed by atoms with Crippen LogP contribution in [0, 0.1) is 5.92 Å². The van der Waals surface area contributed by atoms with E-state index in [0.29, 0.717) is 0 Å². The quantitative estimate of drug-likeness (QED) is 0.729. The molecule has 0 aromatic rings. The molecule has 0 fully saturated rings. The molecule has 68 valence electrons. The summed E-state index contributed by atoms with van der Waals surface area (Å²) in [5.41, 5.74) is 0. The second-order valence-electron chi connectivity index (χ2n) is 2.53. The number of ether oxygens (including phenoxy) is 1. The molecular formula is C7H16BrNO2. The lowest BCUT2D eigenvalue weighted by Gasteiger charge is -2.16. The first-order chi connectivity index (χ1) is 4.63. The lowest BCUT2D eigenvalue weighted by atomic mass is 10.1. The minimum Gasteiger partial charge on any atom is -0.468 e. The fourth-order valence-corrected chi connectivity index (χ4v) is 0.850. The van der Waals surface area contributed by atoms with E-state index in [4.69, 9.17) is 0 Å². The lowest BCUT2D eigenvalue weighted by Crippen LogP contribution is -2.39. The Morgan fingerprint density at radius 3 is 2.00 bits per heavy atom. The summed E-state index contributed by atoms with van der Waals surface area (Å²) in [7, 11) is 3.15. The molecule has 0 aliphatic heterocycles. The zero-order valence-electron chi connectivity index (χ0n) is 7.38. The van der Waals surface area contributed by atoms with Crippen LogP contribution in [0.5, 0.6) is 0 Å². The number of hydrogen-bond donors (Lipinski definition) is 1. The highest BCUT2D eigenvalue weighted by Crippen LogP contribution is 2.01. The maximum atomic E-state index is 10.9. The molecule has 1 N–H and O–H groups in total. The van der Waals surface area contributed by atoms with Crippen molar-refractivity contribution in [2.24, 2.45) is 5.92 Å². The van der Waals surface area contributed by atoms with Crippen LogP contribution in [0.4, 0.5) is 0 Å². The van der Waals surface area contributed by atoms with Crippen molar-refractivity contribution in [3.8, 4) is 0 Å². The zero-order chi connectivity index (χ0) is 8.15. The van der Waals surface area contributed by atoms with E-state index in [-0.39, 0.29) is 34.9 Å². The molecule has 0 rings (SSSR count). The fraction of sp³-hybridized carbons (Fsp3) is 0.857. The molecule has 1 atom stereocenters. The molecule has 0 amide bonds. The topological polar surface area (TPSA) is 38.3 Å². The SMILES string of the molecule is Br.CN[C@@H](C(=O)OC)C(C)C. The van der Waals surface area contributed by atoms with Crippen LogP contribution < -0.4 is 5.32 Å². The van der Waals surface area contributed by atoms with E-state index in [2.05, 4.69) is 10.1 Å². The van der Waals surface area contributed by atoms with Crippen molar-refractivity contribution in [2.45, 2.75) is 19.9 Å². The Hall–Kier alpha value is -0.0900. The predicted octanol–water partition coefficient (Wildman–Crippen LogP) is 0.981. The first-order valence-corrected chi connectivity index (χ1v) is 3.38. The minimum absolute atomic E-state index is 0. The summed E-state index contributed by atoms with van der Waals surface area (Å²) >= 11 is 0. The molecule has 0 bridgehead atoms. The van der Waals surface area contributed by atoms with Crippen molar-refractivity contribution in [3.05, 3.63) is 0 Å². The molecule has 11 heavy (non-hydrogen) atoms. The number of hydrogen-bond acceptors (Lipinski definition) is 3. The summed E-state index contributed by atoms with van der Waals surface area (Å²) in [6.45, 7) is 3.94. The zero-order valence-corrected chi connectivity index (χ0v) is 9.09. The van der Waals surface area contributed by atoms with Crippen LogP contribution in [0.25, 0.3) is 0 Å². The predicted molar refractivity (Wildman–Crippen MR) is 50.0 cm³/mol. The Bertz CT molecular complexity index is 117. The molecule has 0 aromatic heterocycles. The van der Waals surface area contributed by atoms with E-state index in [1.165, 1.54) is 7.11 Å². The number of esters is 1. The van der Waals surface area contributed by atoms with E-state index >= 15 is 0 Å². The number of carbonyl (C=O) groups is 1. The molecular weight excluding hydrogens is 210 g/mol. The summed E-state index contributed by atoms with van der Waals surface area (Å²) in [5.74, 6) is 0.0787. The van der Waals surface area contributed by atoms with Gasteiger partial charge in [0.2, 0.25) is 0 Å². The van der Waals surface area contributed by atoms with Gasteiger partial charge in [0.25, 0.3) is 0 Å². The Kier molecular flexibility index (Phi) is 8.11. The molecule has 0 unspecified atom stereocenters. The normalized spacial score (nSPS) is 12.1. The second-order valence-corrected chi connectivity index (χ2v) is 2.53. The average molecular weight is 226 g/mol. The molecule has 0 aliphatic carbocycles. The second kappa shape index (κ2) is 6.61. The summed E-state index contributed by atoms with van der Waals surface area (Å²) < 4.78 is 4.56. The lowest BCUT2D eigenvalue weighted by molar-refractivity contribution is -0.144. The maximum absolute atomic E-state index is 10.9. The van der Waals surface area contributed by atoms with Crippen molar-refractivity contribution < 1.29 is 9.53 Å². The standard InChI is InChI=1S/C7H15NO2.BrH/c1-5(2)6(8-3)7(9)10-4;/h5-6,8H,1-4H3;1H/t6-;/m1./s1. The Labute approximate surface area is 78.3 Å². The van der Waals surface area contributed by atoms with Gasteiger partial charge in [-0.2, -0.15) is 0 Å². The van der Waals surface area contributed by atoms with Crippen molar-refractivity contribution in [3.63, 3.8) is 0 Å². The summed E-state index contributed by atoms with van der Waals surface area (Å²) in [5, 5.41) is 2.88. The molecule has 0 aromatic carbocycles. The van der Waals surface area contributed by atoms with Crippen LogP contribution in [-0.4, -0.2) is 26.2 Å². The van der Waals surface area contributed by atoms with Gasteiger partial charge in [-0.1, -0.05) is 13.8 Å². The fourth-order valence-electron chi connectivity index (χ4n) is 0.850. The van der Waals surface area contributed by atoms with Gasteiger partial charge in [0.05, 0.1) is 7.11 Å². The van der Waals surface area contributed by atoms with Gasteiger partial charge in [0, 0.05) is 0 Å². The average Bonchev–Trinajstić information content (AvgIpc) is 1.88. The van der Waals surface area contributed by atoms with Crippen LogP contribution in [0.3, 0.4) is 0 Å². The van der Waals surface area contributed by atoms with Crippen LogP contribution in [0.1, 0.15) is 13.8 Å². The molecule has 0 spiro atoms. The van der Waals surface area contributed by atoms with Gasteiger partial charge in [0.1, 0.15) is 6.04 Å². The molecule has 0 radical (unpaired) electrons. The van der Waals surface area contributed by atoms with E-state index in [9.17, 15) is 4.79 Å². The van der Waals surface area contributed by atoms with Gasteiger partial charge < -0.3 is 10.1 Å². The van der Waals surface area contributed by atoms with E-state index in [0.717, 1.165) is 0 Å². The van der Waals surface area contributed by atoms with Gasteiger partial charge in [-0.25, -0.2) is 0 Å². The van der Waals surface area contributed by atoms with Gasteiger partial charge in [-0.3, -0.25) is 4.79 Å². The number of nitrogens with one attached hydrogen (secondary N) is 1. The van der Waals surface area contributed by atoms with Gasteiger partial charge in [0.15, 0.2) is 0 Å². The summed E-state index contributed by atoms with van der Waals surface area (Å²) in [6.07, 6.45) is 0. The van der Waals surface area contributed by atoms with Gasteiger partial charge >= 0.3 is 5.97 Å². The maximum Gasteiger partial charge on any atom is 0.323 e. The van der Waals surface area contributed by atoms with E-state index in [1.54, 1.807) is 7.05 Å². The number of carbonyl (C=O) groups excluding carboxylic acids is 1. The molecule has 0 aliphatic rings. The summed E-state index contributed by atoms with van der Waals surface area (Å²) in [6, 6.07) is -0.176. The third kappa shape index (κ3) is 4.37. The number of rotatable bonds is 3. The highest BCUT2D eigenvalue weighted by atomic mass is 79.9. The van der Waals surface area contributed by atoms with Crippen LogP contribution >= 0.6 is 17.0 Å². The number of likely N-dealkylation sites (N-methyl/N-ethyl adjacent to an activating group) is 1. The molecule has 0 saturated heterocycles. The minimum atomic E-state index is -0.197. The van der Waals surface area contributed by atoms with E-state index < -0.39 is 0 Å². The number of methoxy groups -OCH3 is 1. The third-order valence-electron chi connectivity index (χ3n) is 1.43. The van der Waals surface area contributed by atoms with Gasteiger partial charge in [-0.15, -0.1) is 17.0 Å². The highest BCUT2D eigenvalue weighted by molar-refractivity contribution is 8.93. The monoisotopic (exact) mass is 225 g/mol. The number of halogens is 1. The van der Waals surface area contributed by atoms with E-state index in [1.807, 2.05) is 13.8 Å². The molecule has 0 saturated carbocycles. The Balaban J connectivity index is 0. The Morgan fingerprint density at radius 1 is 1.45 bits per heavy atom. The largest absolute Gasteiger partial charge is 0.468 e. The Morgan fingerprint density at radius 2 is 1.91 bits per heavy atom. The first-order valence-electron chi connectivity index (χ1n) is 3.38. The first kappa shape index (κ1) is 13.5. The third-order valence-corrected chi connectivity index (χ3v) is 1.43. The van der Waals surface area contributed by atoms with Crippen LogP contribution in [-0.2, 0) is 9.53 Å². The van der Waals surface area contributed by atoms with Crippen molar-refractivity contribution >= 4 is 23.0 Å². The highest BCUT2D eigenvalue weighted by Gasteiger charge is 2.19. The molecule has 0 heterocycles. The van der Waals surface area contributed by atoms with Gasteiger partial charge in [-0.05, 0) is 13.0 Å². The molecule has 4 heteroatoms. The van der Waals surface area contributed by atoms with Crippen molar-refractivity contribution in [1.29, 1.82) is 0 Å². The molecule has 3 nitrogen and oxygen atoms in total. The van der Waals surface area contributed by atoms with Crippen LogP contribution in [0.2, 0.25) is 0 Å². The van der Waals surface area contributed by atoms with Crippen LogP contribution in [0.15, 0.2) is 0 Å². The summed E-state index contributed by atoms with van der Waals surface area (Å²) in [4.78, 5) is 10.9. The smallest absolute Gasteiger partial charge is 0.323 e. The van der Waals surface area contributed by atoms with Crippen molar-refractivity contribution in [2.75, 3.05) is 14.2 Å².